The highest BCUT2D eigenvalue weighted by atomic mass is 32.2. The minimum atomic E-state index is -2.65. The third-order valence-electron chi connectivity index (χ3n) is 3.74. The molecular weight excluding hydrogens is 282 g/mol. The van der Waals surface area contributed by atoms with Gasteiger partial charge in [-0.25, -0.2) is 8.57 Å². The van der Waals surface area contributed by atoms with Gasteiger partial charge in [-0.1, -0.05) is 55.5 Å². The van der Waals surface area contributed by atoms with Crippen LogP contribution in [0, 0.1) is 0 Å². The first kappa shape index (κ1) is 15.7. The van der Waals surface area contributed by atoms with Gasteiger partial charge in [0.2, 0.25) is 0 Å². The Balaban J connectivity index is 2.44. The first-order valence-electron chi connectivity index (χ1n) is 7.00. The van der Waals surface area contributed by atoms with Crippen molar-refractivity contribution < 1.29 is 9.32 Å². The van der Waals surface area contributed by atoms with Crippen molar-refractivity contribution in [3.63, 3.8) is 0 Å². The first-order chi connectivity index (χ1) is 10.0. The highest BCUT2D eigenvalue weighted by molar-refractivity contribution is 7.93. The molecule has 112 valence electrons. The predicted molar refractivity (Wildman–Crippen MR) is 86.7 cm³/mol. The van der Waals surface area contributed by atoms with E-state index in [-0.39, 0.29) is 5.75 Å². The number of aliphatic hydroxyl groups is 1. The average molecular weight is 303 g/mol. The lowest BCUT2D eigenvalue weighted by atomic mass is 9.93. The van der Waals surface area contributed by atoms with Gasteiger partial charge < -0.3 is 5.11 Å². The zero-order chi connectivity index (χ0) is 15.3. The van der Waals surface area contributed by atoms with Crippen molar-refractivity contribution in [2.45, 2.75) is 23.8 Å². The van der Waals surface area contributed by atoms with Crippen LogP contribution in [0.3, 0.4) is 0 Å². The smallest absolute Gasteiger partial charge is 0.102 e. The Bertz CT molecular complexity index is 691. The van der Waals surface area contributed by atoms with Crippen LogP contribution < -0.4 is 0 Å². The molecular formula is C17H21NO2S. The van der Waals surface area contributed by atoms with E-state index in [1.807, 2.05) is 55.5 Å². The molecule has 0 saturated heterocycles. The fourth-order valence-corrected chi connectivity index (χ4v) is 4.46. The largest absolute Gasteiger partial charge is 0.384 e. The molecule has 2 unspecified atom stereocenters. The minimum Gasteiger partial charge on any atom is -0.384 e. The summed E-state index contributed by atoms with van der Waals surface area (Å²) in [6.07, 6.45) is 0.482. The van der Waals surface area contributed by atoms with Crippen LogP contribution in [-0.4, -0.2) is 22.1 Å². The molecule has 2 rings (SSSR count). The van der Waals surface area contributed by atoms with Gasteiger partial charge in [0, 0.05) is 11.9 Å². The maximum Gasteiger partial charge on any atom is 0.102 e. The van der Waals surface area contributed by atoms with E-state index in [2.05, 4.69) is 4.36 Å². The molecule has 0 radical (unpaired) electrons. The summed E-state index contributed by atoms with van der Waals surface area (Å²) in [4.78, 5) is 0.662. The molecule has 3 nitrogen and oxygen atoms in total. The van der Waals surface area contributed by atoms with Crippen molar-refractivity contribution in [3.8, 4) is 0 Å². The number of rotatable bonds is 5. The highest BCUT2D eigenvalue weighted by Gasteiger charge is 2.32. The maximum atomic E-state index is 13.2. The molecule has 21 heavy (non-hydrogen) atoms. The van der Waals surface area contributed by atoms with E-state index in [4.69, 9.17) is 0 Å². The fourth-order valence-electron chi connectivity index (χ4n) is 2.35. The lowest BCUT2D eigenvalue weighted by Gasteiger charge is -2.28. The maximum absolute atomic E-state index is 13.2. The Morgan fingerprint density at radius 1 is 1.05 bits per heavy atom. The molecule has 0 spiro atoms. The van der Waals surface area contributed by atoms with E-state index < -0.39 is 15.3 Å². The van der Waals surface area contributed by atoms with Gasteiger partial charge in [-0.05, 0) is 24.1 Å². The third-order valence-corrected chi connectivity index (χ3v) is 6.20. The SMILES string of the molecule is CCC(O)(CS(=O)(=NC)c1ccccc1)c1ccccc1. The summed E-state index contributed by atoms with van der Waals surface area (Å²) in [6.45, 7) is 1.90. The van der Waals surface area contributed by atoms with Crippen molar-refractivity contribution >= 4 is 9.73 Å². The quantitative estimate of drug-likeness (QED) is 0.920. The van der Waals surface area contributed by atoms with Gasteiger partial charge in [-0.15, -0.1) is 0 Å². The van der Waals surface area contributed by atoms with Gasteiger partial charge in [0.15, 0.2) is 0 Å². The summed E-state index contributed by atoms with van der Waals surface area (Å²) < 4.78 is 17.3. The van der Waals surface area contributed by atoms with Crippen LogP contribution in [0.25, 0.3) is 0 Å². The monoisotopic (exact) mass is 303 g/mol. The predicted octanol–water partition coefficient (Wildman–Crippen LogP) is 3.44. The minimum absolute atomic E-state index is 0.0982. The molecule has 0 saturated carbocycles. The van der Waals surface area contributed by atoms with E-state index in [1.165, 1.54) is 0 Å². The molecule has 0 aliphatic rings. The zero-order valence-corrected chi connectivity index (χ0v) is 13.2. The van der Waals surface area contributed by atoms with Crippen LogP contribution >= 0.6 is 0 Å². The van der Waals surface area contributed by atoms with Gasteiger partial charge in [-0.2, -0.15) is 0 Å². The van der Waals surface area contributed by atoms with Crippen LogP contribution in [0.4, 0.5) is 0 Å². The Morgan fingerprint density at radius 3 is 2.05 bits per heavy atom. The molecule has 0 aliphatic heterocycles. The lowest BCUT2D eigenvalue weighted by Crippen LogP contribution is -2.33. The second-order valence-corrected chi connectivity index (χ2v) is 7.44. The zero-order valence-electron chi connectivity index (χ0n) is 12.4. The molecule has 4 heteroatoms. The average Bonchev–Trinajstić information content (AvgIpc) is 2.56. The van der Waals surface area contributed by atoms with Crippen LogP contribution in [0.1, 0.15) is 18.9 Å². The summed E-state index contributed by atoms with van der Waals surface area (Å²) in [5.41, 5.74) is -0.368. The normalized spacial score (nSPS) is 16.7. The topological polar surface area (TPSA) is 49.7 Å². The Kier molecular flexibility index (Phi) is 4.80. The van der Waals surface area contributed by atoms with Crippen molar-refractivity contribution in [2.75, 3.05) is 12.8 Å². The molecule has 2 aromatic carbocycles. The summed E-state index contributed by atoms with van der Waals surface area (Å²) in [7, 11) is -1.10. The summed E-state index contributed by atoms with van der Waals surface area (Å²) in [5.74, 6) is 0.0982. The summed E-state index contributed by atoms with van der Waals surface area (Å²) >= 11 is 0. The molecule has 0 aromatic heterocycles. The van der Waals surface area contributed by atoms with Crippen molar-refractivity contribution in [3.05, 3.63) is 66.2 Å². The van der Waals surface area contributed by atoms with Crippen LogP contribution in [0.15, 0.2) is 69.9 Å². The van der Waals surface area contributed by atoms with Gasteiger partial charge in [0.25, 0.3) is 0 Å². The molecule has 2 aromatic rings. The number of hydrogen-bond acceptors (Lipinski definition) is 3. The van der Waals surface area contributed by atoms with E-state index in [1.54, 1.807) is 19.2 Å². The molecule has 1 N–H and O–H groups in total. The number of nitrogens with zero attached hydrogens (tertiary/aromatic N) is 1. The summed E-state index contributed by atoms with van der Waals surface area (Å²) in [5, 5.41) is 11.0. The van der Waals surface area contributed by atoms with Gasteiger partial charge in [0.1, 0.15) is 5.60 Å². The number of hydrogen-bond donors (Lipinski definition) is 1. The van der Waals surface area contributed by atoms with Crippen LogP contribution in [-0.2, 0) is 15.3 Å². The fraction of sp³-hybridized carbons (Fsp3) is 0.294. The Morgan fingerprint density at radius 2 is 1.57 bits per heavy atom. The van der Waals surface area contributed by atoms with E-state index in [0.29, 0.717) is 11.3 Å². The standard InChI is InChI=1S/C17H21NO2S/c1-3-17(19,15-10-6-4-7-11-15)14-21(20,18-2)16-12-8-5-9-13-16/h4-13,19H,3,14H2,1-2H3. The van der Waals surface area contributed by atoms with Crippen LogP contribution in [0.5, 0.6) is 0 Å². The second kappa shape index (κ2) is 6.41. The van der Waals surface area contributed by atoms with Crippen LogP contribution in [0.2, 0.25) is 0 Å². The molecule has 0 bridgehead atoms. The first-order valence-corrected chi connectivity index (χ1v) is 8.68. The molecule has 0 heterocycles. The molecule has 2 atom stereocenters. The summed E-state index contributed by atoms with van der Waals surface area (Å²) in [6, 6.07) is 18.6. The second-order valence-electron chi connectivity index (χ2n) is 5.03. The van der Waals surface area contributed by atoms with E-state index in [9.17, 15) is 9.32 Å². The molecule has 0 amide bonds. The Labute approximate surface area is 126 Å². The van der Waals surface area contributed by atoms with Crippen molar-refractivity contribution in [1.29, 1.82) is 0 Å². The van der Waals surface area contributed by atoms with Crippen molar-refractivity contribution in [1.82, 2.24) is 0 Å². The van der Waals surface area contributed by atoms with E-state index >= 15 is 0 Å². The van der Waals surface area contributed by atoms with Gasteiger partial charge in [-0.3, -0.25) is 0 Å². The molecule has 0 aliphatic carbocycles. The van der Waals surface area contributed by atoms with Gasteiger partial charge >= 0.3 is 0 Å². The molecule has 0 fully saturated rings. The van der Waals surface area contributed by atoms with Crippen molar-refractivity contribution in [2.24, 2.45) is 4.36 Å². The van der Waals surface area contributed by atoms with E-state index in [0.717, 1.165) is 5.56 Å². The Hall–Kier alpha value is -1.65. The lowest BCUT2D eigenvalue weighted by molar-refractivity contribution is 0.0571. The van der Waals surface area contributed by atoms with Gasteiger partial charge in [0.05, 0.1) is 15.5 Å². The highest BCUT2D eigenvalue weighted by Crippen LogP contribution is 2.30. The number of benzene rings is 2. The third kappa shape index (κ3) is 3.34.